The van der Waals surface area contributed by atoms with Crippen molar-refractivity contribution in [3.63, 3.8) is 0 Å². The van der Waals surface area contributed by atoms with E-state index >= 15 is 0 Å². The Bertz CT molecular complexity index is 757. The summed E-state index contributed by atoms with van der Waals surface area (Å²) in [7, 11) is 0. The number of rotatable bonds is 44. The predicted molar refractivity (Wildman–Crippen MR) is 289 cm³/mol. The normalized spacial score (nSPS) is 11.3. The number of thiocarbonyl (C=S) groups is 2. The minimum atomic E-state index is 0. The molecule has 0 atom stereocenters. The molecule has 7 heteroatoms. The Morgan fingerprint density at radius 2 is 0.410 bits per heavy atom. The van der Waals surface area contributed by atoms with Crippen LogP contribution < -0.4 is 0 Å². The van der Waals surface area contributed by atoms with Crippen LogP contribution in [0.1, 0.15) is 287 Å². The number of nitrogens with zero attached hydrogens (tertiary/aromatic N) is 2. The van der Waals surface area contributed by atoms with Crippen molar-refractivity contribution in [3.8, 4) is 0 Å². The first kappa shape index (κ1) is 66.1. The van der Waals surface area contributed by atoms with Crippen molar-refractivity contribution in [2.24, 2.45) is 23.7 Å². The Morgan fingerprint density at radius 1 is 0.279 bits per heavy atom. The second-order valence-electron chi connectivity index (χ2n) is 20.5. The summed E-state index contributed by atoms with van der Waals surface area (Å²) in [4.78, 5) is 4.56. The fourth-order valence-corrected chi connectivity index (χ4v) is 8.98. The van der Waals surface area contributed by atoms with Crippen LogP contribution in [0.2, 0.25) is 0 Å². The van der Waals surface area contributed by atoms with Gasteiger partial charge in [-0.15, -0.1) is 0 Å². The van der Waals surface area contributed by atoms with E-state index in [2.05, 4.69) is 65.2 Å². The third-order valence-electron chi connectivity index (χ3n) is 12.4. The van der Waals surface area contributed by atoms with E-state index in [0.29, 0.717) is 8.64 Å². The van der Waals surface area contributed by atoms with E-state index in [0.717, 1.165) is 49.9 Å². The van der Waals surface area contributed by atoms with Crippen LogP contribution in [0.3, 0.4) is 0 Å². The summed E-state index contributed by atoms with van der Waals surface area (Å²) in [5, 5.41) is 0. The van der Waals surface area contributed by atoms with Crippen molar-refractivity contribution in [3.05, 3.63) is 0 Å². The summed E-state index contributed by atoms with van der Waals surface area (Å²) >= 11 is 21.3. The molecule has 0 unspecified atom stereocenters. The minimum Gasteiger partial charge on any atom is -0.411 e. The molecule has 0 aliphatic carbocycles. The Labute approximate surface area is 421 Å². The quantitative estimate of drug-likeness (QED) is 0.0258. The topological polar surface area (TPSA) is 6.48 Å². The molecule has 0 heterocycles. The summed E-state index contributed by atoms with van der Waals surface area (Å²) < 4.78 is 1.37. The molecule has 0 amide bonds. The van der Waals surface area contributed by atoms with Crippen LogP contribution in [0.5, 0.6) is 0 Å². The maximum Gasteiger partial charge on any atom is 2.00 e. The van der Waals surface area contributed by atoms with Gasteiger partial charge in [-0.25, -0.2) is 0 Å². The maximum atomic E-state index is 5.31. The van der Waals surface area contributed by atoms with E-state index in [1.807, 2.05) is 0 Å². The van der Waals surface area contributed by atoms with E-state index in [9.17, 15) is 0 Å². The predicted octanol–water partition coefficient (Wildman–Crippen LogP) is 18.9. The van der Waals surface area contributed by atoms with Crippen LogP contribution >= 0.6 is 24.4 Å². The van der Waals surface area contributed by atoms with Crippen molar-refractivity contribution in [2.75, 3.05) is 26.2 Å². The summed E-state index contributed by atoms with van der Waals surface area (Å²) in [6.07, 6.45) is 49.7. The van der Waals surface area contributed by atoms with Crippen molar-refractivity contribution < 1.29 is 19.5 Å². The van der Waals surface area contributed by atoms with Crippen LogP contribution in [-0.4, -0.2) is 44.6 Å². The standard InChI is InChI=1S/2C27H55NS2.Zn/c2*1-25(2)21-17-13-9-5-7-11-15-19-23-28(27(29)30)24-20-16-12-8-6-10-14-18-22-26(3)4;/h2*25-26H,5-24H2,1-4H3,(H,29,30);/q;;+2/p-2. The molecule has 0 fully saturated rings. The van der Waals surface area contributed by atoms with Gasteiger partial charge in [0, 0.05) is 26.2 Å². The molecule has 0 saturated heterocycles. The molecule has 0 aromatic rings. The number of hydrogen-bond donors (Lipinski definition) is 0. The average Bonchev–Trinajstić information content (AvgIpc) is 3.18. The Kier molecular flexibility index (Phi) is 56.2. The molecule has 360 valence electrons. The molecule has 0 aromatic heterocycles. The first-order chi connectivity index (χ1) is 28.9. The monoisotopic (exact) mass is 977 g/mol. The molecule has 0 saturated carbocycles. The smallest absolute Gasteiger partial charge is 0.411 e. The van der Waals surface area contributed by atoms with Gasteiger partial charge in [-0.05, 0) is 49.4 Å². The molecule has 0 aromatic carbocycles. The van der Waals surface area contributed by atoms with Crippen molar-refractivity contribution >= 4 is 58.3 Å². The molecular weight excluding hydrogens is 870 g/mol. The fourth-order valence-electron chi connectivity index (χ4n) is 8.25. The van der Waals surface area contributed by atoms with E-state index in [1.165, 1.54) is 231 Å². The van der Waals surface area contributed by atoms with Gasteiger partial charge in [-0.3, -0.25) is 0 Å². The van der Waals surface area contributed by atoms with Gasteiger partial charge < -0.3 is 59.5 Å². The van der Waals surface area contributed by atoms with Crippen LogP contribution in [0.25, 0.3) is 0 Å². The Balaban J connectivity index is -0.00000109. The third-order valence-corrected chi connectivity index (χ3v) is 13.4. The van der Waals surface area contributed by atoms with Gasteiger partial charge in [0.05, 0.1) is 0 Å². The van der Waals surface area contributed by atoms with Crippen molar-refractivity contribution in [2.45, 2.75) is 287 Å². The Morgan fingerprint density at radius 3 is 0.541 bits per heavy atom. The summed E-state index contributed by atoms with van der Waals surface area (Å²) in [5.41, 5.74) is 0. The molecular formula is C54H108N2S4Zn. The van der Waals surface area contributed by atoms with E-state index in [1.54, 1.807) is 0 Å². The summed E-state index contributed by atoms with van der Waals surface area (Å²) in [6, 6.07) is 0. The van der Waals surface area contributed by atoms with E-state index in [4.69, 9.17) is 49.7 Å². The van der Waals surface area contributed by atoms with Gasteiger partial charge in [-0.1, -0.05) is 269 Å². The van der Waals surface area contributed by atoms with Crippen molar-refractivity contribution in [1.29, 1.82) is 0 Å². The first-order valence-electron chi connectivity index (χ1n) is 26.8. The minimum absolute atomic E-state index is 0. The van der Waals surface area contributed by atoms with Gasteiger partial charge in [0.25, 0.3) is 0 Å². The van der Waals surface area contributed by atoms with Crippen LogP contribution in [0.15, 0.2) is 0 Å². The molecule has 0 spiro atoms. The van der Waals surface area contributed by atoms with Crippen LogP contribution in [0.4, 0.5) is 0 Å². The van der Waals surface area contributed by atoms with Gasteiger partial charge in [-0.2, -0.15) is 0 Å². The zero-order chi connectivity index (χ0) is 44.9. The zero-order valence-corrected chi connectivity index (χ0v) is 49.1. The van der Waals surface area contributed by atoms with E-state index in [-0.39, 0.29) is 19.5 Å². The molecule has 0 N–H and O–H groups in total. The molecule has 2 nitrogen and oxygen atoms in total. The molecule has 0 rings (SSSR count). The fraction of sp³-hybridized carbons (Fsp3) is 0.963. The van der Waals surface area contributed by atoms with Gasteiger partial charge in [0.1, 0.15) is 0 Å². The van der Waals surface area contributed by atoms with Gasteiger partial charge in [0.15, 0.2) is 0 Å². The van der Waals surface area contributed by atoms with Crippen LogP contribution in [0, 0.1) is 23.7 Å². The maximum absolute atomic E-state index is 5.31. The first-order valence-corrected chi connectivity index (χ1v) is 28.4. The summed E-state index contributed by atoms with van der Waals surface area (Å²) in [6.45, 7) is 22.9. The Hall–Kier alpha value is 0.843. The SMILES string of the molecule is CC(C)CCCCCCCCCCN(CCCCCCCCCCC(C)C)C(=S)[S-].CC(C)CCCCCCCCCCN(CCCCCCCCCCC(C)C)C(=S)[S-].[Zn+2]. The van der Waals surface area contributed by atoms with Crippen molar-refractivity contribution in [1.82, 2.24) is 9.80 Å². The molecule has 0 bridgehead atoms. The second kappa shape index (κ2) is 51.8. The third kappa shape index (κ3) is 56.9. The number of unbranched alkanes of at least 4 members (excludes halogenated alkanes) is 28. The van der Waals surface area contributed by atoms with Crippen LogP contribution in [-0.2, 0) is 44.7 Å². The second-order valence-corrected chi connectivity index (χ2v) is 22.6. The molecule has 61 heavy (non-hydrogen) atoms. The number of hydrogen-bond acceptors (Lipinski definition) is 4. The molecule has 0 aliphatic heterocycles. The van der Waals surface area contributed by atoms with Gasteiger partial charge >= 0.3 is 19.5 Å². The molecule has 0 aliphatic rings. The largest absolute Gasteiger partial charge is 2.00 e. The zero-order valence-electron chi connectivity index (χ0n) is 42.8. The molecule has 0 radical (unpaired) electrons. The average molecular weight is 979 g/mol. The van der Waals surface area contributed by atoms with Gasteiger partial charge in [0.2, 0.25) is 0 Å². The van der Waals surface area contributed by atoms with E-state index < -0.39 is 0 Å². The summed E-state index contributed by atoms with van der Waals surface area (Å²) in [5.74, 6) is 3.47.